The second kappa shape index (κ2) is 13.9. The standard InChI is InChI=1S/C28H38N4O6/c1-4-18(2)14-24(31-27(35)22-12-13-25(33)30-22)29-15-26(34)32(23(17-38-3)28(36)37)16-20-10-7-9-19-8-5-6-11-21(19)20/h5-11,18,22-24,29H,4,12-17H2,1-3H3,(H,30,33)(H,31,35)(H,36,37)/t18-,22-,23-,24?/m0/s1. The van der Waals surface area contributed by atoms with Crippen molar-refractivity contribution < 1.29 is 29.0 Å². The summed E-state index contributed by atoms with van der Waals surface area (Å²) in [5, 5.41) is 20.5. The van der Waals surface area contributed by atoms with Crippen molar-refractivity contribution in [1.82, 2.24) is 20.9 Å². The van der Waals surface area contributed by atoms with Crippen molar-refractivity contribution in [2.45, 2.75) is 64.3 Å². The number of hydrogen-bond donors (Lipinski definition) is 4. The monoisotopic (exact) mass is 526 g/mol. The Morgan fingerprint density at radius 3 is 2.58 bits per heavy atom. The van der Waals surface area contributed by atoms with Crippen LogP contribution in [0.3, 0.4) is 0 Å². The highest BCUT2D eigenvalue weighted by atomic mass is 16.5. The zero-order chi connectivity index (χ0) is 27.7. The van der Waals surface area contributed by atoms with Crippen LogP contribution in [0.25, 0.3) is 10.8 Å². The molecule has 38 heavy (non-hydrogen) atoms. The molecule has 0 radical (unpaired) electrons. The first-order valence-corrected chi connectivity index (χ1v) is 13.0. The Morgan fingerprint density at radius 1 is 1.18 bits per heavy atom. The van der Waals surface area contributed by atoms with Gasteiger partial charge in [-0.2, -0.15) is 0 Å². The number of carboxylic acid groups (broad SMARTS) is 1. The molecule has 0 spiro atoms. The number of methoxy groups -OCH3 is 1. The van der Waals surface area contributed by atoms with E-state index in [1.54, 1.807) is 0 Å². The average molecular weight is 527 g/mol. The van der Waals surface area contributed by atoms with Crippen LogP contribution in [-0.4, -0.2) is 72.2 Å². The Morgan fingerprint density at radius 2 is 1.92 bits per heavy atom. The summed E-state index contributed by atoms with van der Waals surface area (Å²) >= 11 is 0. The number of carbonyl (C=O) groups is 4. The number of amides is 3. The summed E-state index contributed by atoms with van der Waals surface area (Å²) < 4.78 is 5.15. The highest BCUT2D eigenvalue weighted by molar-refractivity contribution is 5.91. The van der Waals surface area contributed by atoms with E-state index >= 15 is 0 Å². The molecule has 3 rings (SSSR count). The SMILES string of the molecule is CC[C@H](C)CC(NCC(=O)N(Cc1cccc2ccccc12)[C@@H](COC)C(=O)O)NC(=O)[C@@H]1CCC(=O)N1. The largest absolute Gasteiger partial charge is 0.480 e. The summed E-state index contributed by atoms with van der Waals surface area (Å²) in [5.74, 6) is -1.80. The number of nitrogens with one attached hydrogen (secondary N) is 3. The lowest BCUT2D eigenvalue weighted by molar-refractivity contribution is -0.152. The fourth-order valence-electron chi connectivity index (χ4n) is 4.60. The van der Waals surface area contributed by atoms with E-state index in [0.717, 1.165) is 22.8 Å². The third kappa shape index (κ3) is 7.75. The van der Waals surface area contributed by atoms with Crippen molar-refractivity contribution in [3.8, 4) is 0 Å². The maximum absolute atomic E-state index is 13.5. The first-order valence-electron chi connectivity index (χ1n) is 13.0. The predicted octanol–water partition coefficient (Wildman–Crippen LogP) is 2.01. The maximum atomic E-state index is 13.5. The molecule has 1 heterocycles. The van der Waals surface area contributed by atoms with Gasteiger partial charge >= 0.3 is 5.97 Å². The molecule has 1 saturated heterocycles. The van der Waals surface area contributed by atoms with E-state index in [4.69, 9.17) is 4.74 Å². The molecule has 1 aliphatic rings. The number of fused-ring (bicyclic) bond motifs is 1. The molecular formula is C28H38N4O6. The summed E-state index contributed by atoms with van der Waals surface area (Å²) in [6, 6.07) is 11.7. The molecule has 1 unspecified atom stereocenters. The van der Waals surface area contributed by atoms with E-state index in [1.165, 1.54) is 12.0 Å². The van der Waals surface area contributed by atoms with Crippen LogP contribution in [-0.2, 0) is 30.5 Å². The second-order valence-electron chi connectivity index (χ2n) is 9.82. The molecule has 4 atom stereocenters. The first kappa shape index (κ1) is 29.1. The topological polar surface area (TPSA) is 137 Å². The van der Waals surface area contributed by atoms with Crippen molar-refractivity contribution in [3.63, 3.8) is 0 Å². The number of ether oxygens (including phenoxy) is 1. The molecule has 2 aromatic rings. The molecule has 10 nitrogen and oxygen atoms in total. The number of hydrogen-bond acceptors (Lipinski definition) is 6. The normalized spacial score (nSPS) is 17.4. The third-order valence-corrected chi connectivity index (χ3v) is 6.99. The molecule has 2 aromatic carbocycles. The van der Waals surface area contributed by atoms with E-state index in [0.29, 0.717) is 19.3 Å². The lowest BCUT2D eigenvalue weighted by atomic mass is 10.0. The van der Waals surface area contributed by atoms with E-state index in [1.807, 2.05) is 56.3 Å². The predicted molar refractivity (Wildman–Crippen MR) is 143 cm³/mol. The summed E-state index contributed by atoms with van der Waals surface area (Å²) in [4.78, 5) is 51.3. The van der Waals surface area contributed by atoms with Gasteiger partial charge < -0.3 is 25.4 Å². The quantitative estimate of drug-likeness (QED) is 0.276. The van der Waals surface area contributed by atoms with Gasteiger partial charge in [-0.1, -0.05) is 62.7 Å². The van der Waals surface area contributed by atoms with Gasteiger partial charge in [-0.3, -0.25) is 19.7 Å². The van der Waals surface area contributed by atoms with Gasteiger partial charge in [0.25, 0.3) is 0 Å². The van der Waals surface area contributed by atoms with Crippen LogP contribution in [0.1, 0.15) is 45.1 Å². The summed E-state index contributed by atoms with van der Waals surface area (Å²) in [7, 11) is 1.40. The van der Waals surface area contributed by atoms with Gasteiger partial charge in [0, 0.05) is 20.1 Å². The fourth-order valence-corrected chi connectivity index (χ4v) is 4.60. The Kier molecular flexibility index (Phi) is 10.6. The maximum Gasteiger partial charge on any atom is 0.328 e. The third-order valence-electron chi connectivity index (χ3n) is 6.99. The summed E-state index contributed by atoms with van der Waals surface area (Å²) in [6.07, 6.45) is 1.66. The van der Waals surface area contributed by atoms with Gasteiger partial charge in [0.15, 0.2) is 6.04 Å². The van der Waals surface area contributed by atoms with E-state index < -0.39 is 30.1 Å². The molecule has 0 aliphatic carbocycles. The summed E-state index contributed by atoms with van der Waals surface area (Å²) in [6.45, 7) is 3.82. The number of benzene rings is 2. The zero-order valence-corrected chi connectivity index (χ0v) is 22.2. The summed E-state index contributed by atoms with van der Waals surface area (Å²) in [5.41, 5.74) is 0.820. The Bertz CT molecular complexity index is 1130. The van der Waals surface area contributed by atoms with Gasteiger partial charge in [-0.25, -0.2) is 4.79 Å². The number of aliphatic carboxylic acids is 1. The van der Waals surface area contributed by atoms with Gasteiger partial charge in [0.1, 0.15) is 6.04 Å². The zero-order valence-electron chi connectivity index (χ0n) is 22.2. The van der Waals surface area contributed by atoms with Crippen LogP contribution >= 0.6 is 0 Å². The molecule has 10 heteroatoms. The number of carbonyl (C=O) groups excluding carboxylic acids is 3. The molecule has 1 fully saturated rings. The molecule has 0 saturated carbocycles. The van der Waals surface area contributed by atoms with E-state index in [-0.39, 0.29) is 37.4 Å². The average Bonchev–Trinajstić information content (AvgIpc) is 3.35. The molecule has 3 amide bonds. The molecule has 206 valence electrons. The van der Waals surface area contributed by atoms with Gasteiger partial charge in [-0.05, 0) is 35.1 Å². The highest BCUT2D eigenvalue weighted by Crippen LogP contribution is 2.21. The van der Waals surface area contributed by atoms with E-state index in [2.05, 4.69) is 16.0 Å². The molecule has 1 aliphatic heterocycles. The number of rotatable bonds is 14. The van der Waals surface area contributed by atoms with Crippen LogP contribution in [0.5, 0.6) is 0 Å². The first-order chi connectivity index (χ1) is 18.2. The minimum Gasteiger partial charge on any atom is -0.480 e. The smallest absolute Gasteiger partial charge is 0.328 e. The minimum absolute atomic E-state index is 0.0820. The molecule has 4 N–H and O–H groups in total. The Balaban J connectivity index is 1.78. The second-order valence-corrected chi connectivity index (χ2v) is 9.82. The lowest BCUT2D eigenvalue weighted by Gasteiger charge is -2.31. The lowest BCUT2D eigenvalue weighted by Crippen LogP contribution is -2.55. The van der Waals surface area contributed by atoms with Gasteiger partial charge in [-0.15, -0.1) is 0 Å². The van der Waals surface area contributed by atoms with Crippen molar-refractivity contribution >= 4 is 34.5 Å². The van der Waals surface area contributed by atoms with Crippen LogP contribution in [0.4, 0.5) is 0 Å². The van der Waals surface area contributed by atoms with E-state index in [9.17, 15) is 24.3 Å². The van der Waals surface area contributed by atoms with Gasteiger partial charge in [0.2, 0.25) is 17.7 Å². The van der Waals surface area contributed by atoms with Crippen LogP contribution in [0, 0.1) is 5.92 Å². The van der Waals surface area contributed by atoms with Crippen molar-refractivity contribution in [2.75, 3.05) is 20.3 Å². The minimum atomic E-state index is -1.19. The van der Waals surface area contributed by atoms with Crippen LogP contribution < -0.4 is 16.0 Å². The highest BCUT2D eigenvalue weighted by Gasteiger charge is 2.32. The van der Waals surface area contributed by atoms with Crippen molar-refractivity contribution in [1.29, 1.82) is 0 Å². The number of nitrogens with zero attached hydrogens (tertiary/aromatic N) is 1. The van der Waals surface area contributed by atoms with Crippen molar-refractivity contribution in [2.24, 2.45) is 5.92 Å². The fraction of sp³-hybridized carbons (Fsp3) is 0.500. The molecule has 0 bridgehead atoms. The van der Waals surface area contributed by atoms with Gasteiger partial charge in [0.05, 0.1) is 19.3 Å². The Labute approximate surface area is 223 Å². The van der Waals surface area contributed by atoms with Crippen LogP contribution in [0.15, 0.2) is 42.5 Å². The van der Waals surface area contributed by atoms with Crippen LogP contribution in [0.2, 0.25) is 0 Å². The van der Waals surface area contributed by atoms with Crippen molar-refractivity contribution in [3.05, 3.63) is 48.0 Å². The number of carboxylic acids is 1. The molecule has 0 aromatic heterocycles. The molecular weight excluding hydrogens is 488 g/mol. The Hall–Kier alpha value is -3.50.